The number of hydrogen-bond donors (Lipinski definition) is 0. The van der Waals surface area contributed by atoms with Crippen LogP contribution in [-0.4, -0.2) is 56.1 Å². The van der Waals surface area contributed by atoms with Crippen molar-refractivity contribution in [3.63, 3.8) is 0 Å². The van der Waals surface area contributed by atoms with Gasteiger partial charge < -0.3 is 23.7 Å². The number of ether oxygens (including phenoxy) is 5. The normalized spacial score (nSPS) is 12.0. The quantitative estimate of drug-likeness (QED) is 0.387. The van der Waals surface area contributed by atoms with E-state index >= 15 is 0 Å². The Morgan fingerprint density at radius 1 is 0.808 bits per heavy atom. The topological polar surface area (TPSA) is 46.2 Å². The van der Waals surface area contributed by atoms with Crippen LogP contribution in [0.25, 0.3) is 0 Å². The van der Waals surface area contributed by atoms with E-state index in [2.05, 4.69) is 25.7 Å². The number of benzene rings is 1. The lowest BCUT2D eigenvalue weighted by atomic mass is 10.0. The van der Waals surface area contributed by atoms with E-state index in [-0.39, 0.29) is 0 Å². The predicted octanol–water partition coefficient (Wildman–Crippen LogP) is 3.39. The molecule has 0 unspecified atom stereocenters. The molecule has 0 aromatic heterocycles. The van der Waals surface area contributed by atoms with E-state index < -0.39 is 0 Å². The van der Waals surface area contributed by atoms with Gasteiger partial charge in [-0.25, -0.2) is 0 Å². The van der Waals surface area contributed by atoms with E-state index in [1.807, 2.05) is 6.07 Å². The fourth-order valence-electron chi connectivity index (χ4n) is 2.53. The average Bonchev–Trinajstić information content (AvgIpc) is 3.12. The molecule has 0 saturated heterocycles. The molecule has 0 bridgehead atoms. The van der Waals surface area contributed by atoms with Gasteiger partial charge in [-0.1, -0.05) is 26.7 Å². The van der Waals surface area contributed by atoms with E-state index in [0.29, 0.717) is 39.8 Å². The zero-order chi connectivity index (χ0) is 19.0. The molecular formula is C20H35AlO5. The Kier molecular flexibility index (Phi) is 13.7. The van der Waals surface area contributed by atoms with Crippen molar-refractivity contribution in [1.82, 2.24) is 0 Å². The van der Waals surface area contributed by atoms with Gasteiger partial charge in [-0.3, -0.25) is 0 Å². The molecule has 5 nitrogen and oxygen atoms in total. The van der Waals surface area contributed by atoms with Crippen molar-refractivity contribution in [2.24, 2.45) is 0 Å². The van der Waals surface area contributed by atoms with E-state index in [1.54, 1.807) is 0 Å². The predicted molar refractivity (Wildman–Crippen MR) is 107 cm³/mol. The first kappa shape index (κ1) is 23.3. The highest BCUT2D eigenvalue weighted by atomic mass is 27.0. The van der Waals surface area contributed by atoms with Crippen LogP contribution in [0.4, 0.5) is 0 Å². The van der Waals surface area contributed by atoms with Gasteiger partial charge in [0, 0.05) is 6.61 Å². The van der Waals surface area contributed by atoms with Crippen molar-refractivity contribution in [3.05, 3.63) is 23.3 Å². The third kappa shape index (κ3) is 8.75. The fraction of sp³-hybridized carbons (Fsp3) is 0.700. The second kappa shape index (κ2) is 15.3. The smallest absolute Gasteiger partial charge is 0.231 e. The Bertz CT molecular complexity index is 482. The first-order valence-electron chi connectivity index (χ1n) is 9.99. The monoisotopic (exact) mass is 382 g/mol. The van der Waals surface area contributed by atoms with Gasteiger partial charge in [0.2, 0.25) is 23.1 Å². The van der Waals surface area contributed by atoms with Crippen LogP contribution in [0.3, 0.4) is 0 Å². The summed E-state index contributed by atoms with van der Waals surface area (Å²) in [6.45, 7) is 8.47. The Morgan fingerprint density at radius 2 is 1.38 bits per heavy atom. The van der Waals surface area contributed by atoms with Crippen LogP contribution in [-0.2, 0) is 27.2 Å². The molecular weight excluding hydrogens is 347 g/mol. The highest BCUT2D eigenvalue weighted by molar-refractivity contribution is 6.05. The largest absolute Gasteiger partial charge is 0.454 e. The molecule has 0 spiro atoms. The molecule has 148 valence electrons. The van der Waals surface area contributed by atoms with Crippen LogP contribution in [0, 0.1) is 0 Å². The summed E-state index contributed by atoms with van der Waals surface area (Å²) in [7, 11) is 0. The van der Waals surface area contributed by atoms with E-state index in [9.17, 15) is 0 Å². The SMILES string of the molecule is CCCCOCCOCCOCc1cc2c(cc1CCC)OCO2.[CH3][AlH2]. The van der Waals surface area contributed by atoms with Crippen LogP contribution in [0.1, 0.15) is 44.2 Å². The molecule has 1 aliphatic rings. The fourth-order valence-corrected chi connectivity index (χ4v) is 2.53. The lowest BCUT2D eigenvalue weighted by Gasteiger charge is -2.11. The first-order chi connectivity index (χ1) is 12.8. The highest BCUT2D eigenvalue weighted by Crippen LogP contribution is 2.35. The summed E-state index contributed by atoms with van der Waals surface area (Å²) >= 11 is 1.31. The highest BCUT2D eigenvalue weighted by Gasteiger charge is 2.16. The average molecular weight is 382 g/mol. The number of fused-ring (bicyclic) bond motifs is 1. The van der Waals surface area contributed by atoms with Gasteiger partial charge in [0.15, 0.2) is 11.5 Å². The third-order valence-corrected chi connectivity index (χ3v) is 3.86. The maximum Gasteiger partial charge on any atom is 0.231 e. The van der Waals surface area contributed by atoms with Crippen molar-refractivity contribution in [1.29, 1.82) is 0 Å². The minimum Gasteiger partial charge on any atom is -0.454 e. The minimum absolute atomic E-state index is 0.305. The second-order valence-electron chi connectivity index (χ2n) is 5.86. The molecule has 1 heterocycles. The molecule has 0 amide bonds. The Hall–Kier alpha value is -0.768. The van der Waals surface area contributed by atoms with Crippen molar-refractivity contribution >= 4 is 16.3 Å². The Balaban J connectivity index is 0.00000163. The van der Waals surface area contributed by atoms with Gasteiger partial charge in [-0.2, -0.15) is 0 Å². The summed E-state index contributed by atoms with van der Waals surface area (Å²) in [5.74, 6) is 3.79. The maximum atomic E-state index is 5.75. The second-order valence-corrected chi connectivity index (χ2v) is 5.86. The van der Waals surface area contributed by atoms with Crippen LogP contribution >= 0.6 is 0 Å². The molecule has 1 aromatic carbocycles. The molecule has 0 atom stereocenters. The van der Waals surface area contributed by atoms with Crippen LogP contribution < -0.4 is 9.47 Å². The van der Waals surface area contributed by atoms with Crippen molar-refractivity contribution in [3.8, 4) is 11.5 Å². The molecule has 0 radical (unpaired) electrons. The van der Waals surface area contributed by atoms with Gasteiger partial charge in [0.25, 0.3) is 0 Å². The number of aryl methyl sites for hydroxylation is 1. The molecule has 0 saturated carbocycles. The number of hydrogen-bond acceptors (Lipinski definition) is 5. The molecule has 0 N–H and O–H groups in total. The Labute approximate surface area is 166 Å². The summed E-state index contributed by atoms with van der Waals surface area (Å²) < 4.78 is 27.6. The van der Waals surface area contributed by atoms with E-state index in [1.165, 1.54) is 27.4 Å². The van der Waals surface area contributed by atoms with Crippen molar-refractivity contribution < 1.29 is 23.7 Å². The molecule has 0 aliphatic carbocycles. The van der Waals surface area contributed by atoms with Crippen LogP contribution in [0.5, 0.6) is 11.5 Å². The standard InChI is InChI=1S/C19H30O5.CH3.Al.2H/c1-3-5-7-20-8-9-21-10-11-22-14-17-13-19-18(23-15-24-19)12-16(17)6-4-2;;;;/h12-13H,3-11,14-15H2,1-2H3;1H3;;;. The third-order valence-electron chi connectivity index (χ3n) is 3.86. The van der Waals surface area contributed by atoms with Gasteiger partial charge in [-0.05, 0) is 36.1 Å². The van der Waals surface area contributed by atoms with E-state index in [4.69, 9.17) is 23.7 Å². The zero-order valence-electron chi connectivity index (χ0n) is 17.0. The summed E-state index contributed by atoms with van der Waals surface area (Å²) in [6, 6.07) is 4.12. The molecule has 0 fully saturated rings. The van der Waals surface area contributed by atoms with Crippen LogP contribution in [0.15, 0.2) is 12.1 Å². The van der Waals surface area contributed by atoms with E-state index in [0.717, 1.165) is 43.8 Å². The minimum atomic E-state index is 0.305. The summed E-state index contributed by atoms with van der Waals surface area (Å²) in [4.78, 5) is 0. The number of unbranched alkanes of at least 4 members (excludes halogenated alkanes) is 1. The molecule has 1 aliphatic heterocycles. The summed E-state index contributed by atoms with van der Waals surface area (Å²) in [6.07, 6.45) is 4.38. The van der Waals surface area contributed by atoms with Gasteiger partial charge in [0.05, 0.1) is 33.0 Å². The lowest BCUT2D eigenvalue weighted by molar-refractivity contribution is 0.0101. The van der Waals surface area contributed by atoms with Gasteiger partial charge in [0.1, 0.15) is 0 Å². The lowest BCUT2D eigenvalue weighted by Crippen LogP contribution is -2.10. The Morgan fingerprint density at radius 3 is 2.00 bits per heavy atom. The zero-order valence-corrected chi connectivity index (χ0v) is 19.0. The maximum absolute atomic E-state index is 5.75. The van der Waals surface area contributed by atoms with Gasteiger partial charge >= 0.3 is 0 Å². The molecule has 26 heavy (non-hydrogen) atoms. The van der Waals surface area contributed by atoms with Gasteiger partial charge in [-0.15, -0.1) is 5.79 Å². The summed E-state index contributed by atoms with van der Waals surface area (Å²) in [5.41, 5.74) is 2.44. The first-order valence-corrected chi connectivity index (χ1v) is 12.0. The van der Waals surface area contributed by atoms with Crippen molar-refractivity contribution in [2.45, 2.75) is 51.9 Å². The molecule has 6 heteroatoms. The summed E-state index contributed by atoms with van der Waals surface area (Å²) in [5, 5.41) is 0. The molecule has 2 rings (SSSR count). The number of rotatable bonds is 13. The molecule has 1 aromatic rings. The van der Waals surface area contributed by atoms with Crippen molar-refractivity contribution in [2.75, 3.05) is 39.8 Å². The van der Waals surface area contributed by atoms with Crippen LogP contribution in [0.2, 0.25) is 5.79 Å².